The Morgan fingerprint density at radius 2 is 2.07 bits per heavy atom. The molecule has 0 aliphatic rings. The van der Waals surface area contributed by atoms with E-state index >= 15 is 0 Å². The van der Waals surface area contributed by atoms with Gasteiger partial charge in [0.1, 0.15) is 0 Å². The number of carboxylic acid groups (broad SMARTS) is 1. The van der Waals surface area contributed by atoms with Crippen LogP contribution in [0.2, 0.25) is 0 Å². The van der Waals surface area contributed by atoms with Gasteiger partial charge in [-0.3, -0.25) is 0 Å². The maximum Gasteiger partial charge on any atom is 0.328 e. The molecule has 0 bridgehead atoms. The minimum atomic E-state index is -1.20. The Hall–Kier alpha value is -1.71. The average Bonchev–Trinajstić information content (AvgIpc) is 2.20. The highest BCUT2D eigenvalue weighted by atomic mass is 19.2. The molecule has 0 radical (unpaired) electrons. The molecule has 0 fully saturated rings. The van der Waals surface area contributed by atoms with E-state index in [2.05, 4.69) is 0 Å². The Morgan fingerprint density at radius 1 is 1.40 bits per heavy atom. The van der Waals surface area contributed by atoms with E-state index in [1.54, 1.807) is 6.92 Å². The quantitative estimate of drug-likeness (QED) is 0.782. The summed E-state index contributed by atoms with van der Waals surface area (Å²) in [5, 5.41) is 8.33. The Bertz CT molecular complexity index is 411. The van der Waals surface area contributed by atoms with Crippen LogP contribution in [0.25, 0.3) is 6.08 Å². The predicted octanol–water partition coefficient (Wildman–Crippen LogP) is 2.62. The van der Waals surface area contributed by atoms with Gasteiger partial charge in [-0.05, 0) is 18.1 Å². The van der Waals surface area contributed by atoms with Crippen molar-refractivity contribution in [1.82, 2.24) is 0 Å². The summed E-state index contributed by atoms with van der Waals surface area (Å²) in [6, 6.07) is 2.80. The van der Waals surface area contributed by atoms with Crippen LogP contribution in [0.15, 0.2) is 18.2 Å². The topological polar surface area (TPSA) is 37.3 Å². The third-order valence-electron chi connectivity index (χ3n) is 1.98. The van der Waals surface area contributed by atoms with Crippen molar-refractivity contribution in [2.24, 2.45) is 0 Å². The molecular weight excluding hydrogens is 202 g/mol. The summed E-state index contributed by atoms with van der Waals surface area (Å²) < 4.78 is 26.5. The smallest absolute Gasteiger partial charge is 0.328 e. The number of carbonyl (C=O) groups is 1. The lowest BCUT2D eigenvalue weighted by molar-refractivity contribution is -0.131. The summed E-state index contributed by atoms with van der Waals surface area (Å²) in [4.78, 5) is 10.2. The van der Waals surface area contributed by atoms with E-state index in [0.717, 1.165) is 12.2 Å². The molecule has 1 aromatic rings. The molecule has 4 heteroatoms. The summed E-state index contributed by atoms with van der Waals surface area (Å²) in [5.41, 5.74) is 0.215. The molecule has 0 unspecified atom stereocenters. The van der Waals surface area contributed by atoms with Gasteiger partial charge in [-0.1, -0.05) is 19.1 Å². The van der Waals surface area contributed by atoms with Crippen molar-refractivity contribution in [3.8, 4) is 0 Å². The third kappa shape index (κ3) is 2.62. The molecule has 0 atom stereocenters. The molecule has 1 aromatic carbocycles. The van der Waals surface area contributed by atoms with Crippen LogP contribution in [0, 0.1) is 11.6 Å². The summed E-state index contributed by atoms with van der Waals surface area (Å²) in [6.45, 7) is 1.71. The normalized spacial score (nSPS) is 10.9. The van der Waals surface area contributed by atoms with Gasteiger partial charge in [0.2, 0.25) is 0 Å². The molecule has 2 nitrogen and oxygen atoms in total. The zero-order chi connectivity index (χ0) is 11.4. The molecular formula is C11H10F2O2. The predicted molar refractivity (Wildman–Crippen MR) is 52.4 cm³/mol. The number of rotatable bonds is 3. The van der Waals surface area contributed by atoms with Crippen molar-refractivity contribution in [2.75, 3.05) is 0 Å². The van der Waals surface area contributed by atoms with E-state index in [1.165, 1.54) is 12.1 Å². The Balaban J connectivity index is 3.12. The molecule has 80 valence electrons. The highest BCUT2D eigenvalue weighted by Crippen LogP contribution is 2.17. The van der Waals surface area contributed by atoms with Gasteiger partial charge in [0.15, 0.2) is 11.6 Å². The first kappa shape index (κ1) is 11.4. The number of aliphatic carboxylic acids is 1. The highest BCUT2D eigenvalue weighted by molar-refractivity contribution is 5.85. The van der Waals surface area contributed by atoms with Gasteiger partial charge < -0.3 is 5.11 Å². The lowest BCUT2D eigenvalue weighted by atomic mass is 10.1. The largest absolute Gasteiger partial charge is 0.478 e. The number of hydrogen-bond donors (Lipinski definition) is 1. The Kier molecular flexibility index (Phi) is 3.55. The number of hydrogen-bond acceptors (Lipinski definition) is 1. The lowest BCUT2D eigenvalue weighted by Gasteiger charge is -2.03. The summed E-state index contributed by atoms with van der Waals surface area (Å²) in [7, 11) is 0. The molecule has 0 aliphatic carbocycles. The van der Waals surface area contributed by atoms with Crippen molar-refractivity contribution < 1.29 is 18.7 Å². The molecule has 0 aromatic heterocycles. The van der Waals surface area contributed by atoms with Crippen LogP contribution in [0.5, 0.6) is 0 Å². The standard InChI is InChI=1S/C11H10F2O2/c1-2-7-3-4-8(5-6-9(14)15)11(13)10(7)12/h3-6H,2H2,1H3,(H,14,15)/b6-5+. The van der Waals surface area contributed by atoms with E-state index in [-0.39, 0.29) is 11.1 Å². The van der Waals surface area contributed by atoms with Gasteiger partial charge >= 0.3 is 5.97 Å². The van der Waals surface area contributed by atoms with E-state index in [4.69, 9.17) is 5.11 Å². The van der Waals surface area contributed by atoms with Crippen molar-refractivity contribution >= 4 is 12.0 Å². The van der Waals surface area contributed by atoms with Gasteiger partial charge in [0, 0.05) is 11.6 Å². The first-order chi connectivity index (χ1) is 7.06. The van der Waals surface area contributed by atoms with Crippen molar-refractivity contribution in [3.05, 3.63) is 41.0 Å². The van der Waals surface area contributed by atoms with Crippen LogP contribution in [-0.2, 0) is 11.2 Å². The molecule has 0 aliphatic heterocycles. The van der Waals surface area contributed by atoms with Gasteiger partial charge in [-0.2, -0.15) is 0 Å². The van der Waals surface area contributed by atoms with Crippen molar-refractivity contribution in [3.63, 3.8) is 0 Å². The molecule has 1 N–H and O–H groups in total. The lowest BCUT2D eigenvalue weighted by Crippen LogP contribution is -1.96. The van der Waals surface area contributed by atoms with E-state index in [1.807, 2.05) is 0 Å². The van der Waals surface area contributed by atoms with Crippen molar-refractivity contribution in [2.45, 2.75) is 13.3 Å². The molecule has 1 rings (SSSR count). The highest BCUT2D eigenvalue weighted by Gasteiger charge is 2.10. The maximum atomic E-state index is 13.3. The van der Waals surface area contributed by atoms with E-state index in [0.29, 0.717) is 6.42 Å². The summed E-state index contributed by atoms with van der Waals surface area (Å²) in [5.74, 6) is -3.12. The second-order valence-corrected chi connectivity index (χ2v) is 2.97. The molecule has 15 heavy (non-hydrogen) atoms. The molecule has 0 saturated carbocycles. The average molecular weight is 212 g/mol. The Labute approximate surface area is 85.9 Å². The van der Waals surface area contributed by atoms with Crippen LogP contribution in [0.3, 0.4) is 0 Å². The van der Waals surface area contributed by atoms with E-state index in [9.17, 15) is 13.6 Å². The first-order valence-electron chi connectivity index (χ1n) is 4.44. The first-order valence-corrected chi connectivity index (χ1v) is 4.44. The van der Waals surface area contributed by atoms with Crippen LogP contribution in [0.4, 0.5) is 8.78 Å². The van der Waals surface area contributed by atoms with Gasteiger partial charge in [-0.25, -0.2) is 13.6 Å². The SMILES string of the molecule is CCc1ccc(/C=C/C(=O)O)c(F)c1F. The summed E-state index contributed by atoms with van der Waals surface area (Å²) >= 11 is 0. The van der Waals surface area contributed by atoms with Crippen LogP contribution in [-0.4, -0.2) is 11.1 Å². The third-order valence-corrected chi connectivity index (χ3v) is 1.98. The fraction of sp³-hybridized carbons (Fsp3) is 0.182. The molecule has 0 heterocycles. The maximum absolute atomic E-state index is 13.3. The van der Waals surface area contributed by atoms with Crippen LogP contribution < -0.4 is 0 Å². The fourth-order valence-corrected chi connectivity index (χ4v) is 1.17. The molecule has 0 amide bonds. The number of carboxylic acids is 1. The van der Waals surface area contributed by atoms with Gasteiger partial charge in [0.25, 0.3) is 0 Å². The minimum absolute atomic E-state index is 0.0629. The Morgan fingerprint density at radius 3 is 2.60 bits per heavy atom. The van der Waals surface area contributed by atoms with E-state index < -0.39 is 17.6 Å². The fourth-order valence-electron chi connectivity index (χ4n) is 1.17. The number of halogens is 2. The number of benzene rings is 1. The zero-order valence-corrected chi connectivity index (χ0v) is 8.13. The second-order valence-electron chi connectivity index (χ2n) is 2.97. The zero-order valence-electron chi connectivity index (χ0n) is 8.13. The second kappa shape index (κ2) is 4.68. The molecule has 0 saturated heterocycles. The van der Waals surface area contributed by atoms with Gasteiger partial charge in [-0.15, -0.1) is 0 Å². The van der Waals surface area contributed by atoms with Gasteiger partial charge in [0.05, 0.1) is 0 Å². The number of aryl methyl sites for hydroxylation is 1. The van der Waals surface area contributed by atoms with Crippen LogP contribution in [0.1, 0.15) is 18.1 Å². The van der Waals surface area contributed by atoms with Crippen molar-refractivity contribution in [1.29, 1.82) is 0 Å². The van der Waals surface area contributed by atoms with Crippen LogP contribution >= 0.6 is 0 Å². The molecule has 0 spiro atoms. The summed E-state index contributed by atoms with van der Waals surface area (Å²) in [6.07, 6.45) is 2.19. The monoisotopic (exact) mass is 212 g/mol. The minimum Gasteiger partial charge on any atom is -0.478 e.